The maximum atomic E-state index is 12.5. The molecule has 0 aliphatic heterocycles. The van der Waals surface area contributed by atoms with Gasteiger partial charge in [0, 0.05) is 6.04 Å². The molecule has 1 N–H and O–H groups in total. The number of halogens is 1. The van der Waals surface area contributed by atoms with E-state index in [1.54, 1.807) is 0 Å². The molecule has 0 bridgehead atoms. The minimum absolute atomic E-state index is 0.0888. The summed E-state index contributed by atoms with van der Waals surface area (Å²) in [5.41, 5.74) is 1.01. The van der Waals surface area contributed by atoms with Gasteiger partial charge in [0.2, 0.25) is 5.91 Å². The molecule has 1 aromatic rings. The second kappa shape index (κ2) is 7.44. The highest BCUT2D eigenvalue weighted by molar-refractivity contribution is 9.09. The minimum atomic E-state index is -0.260. The SMILES string of the molecule is CC1CCC(C(C)C)C(NC(=O)C(Br)c2ccccc2)C1. The Balaban J connectivity index is 2.02. The van der Waals surface area contributed by atoms with E-state index in [4.69, 9.17) is 0 Å². The summed E-state index contributed by atoms with van der Waals surface area (Å²) >= 11 is 3.54. The number of hydrogen-bond donors (Lipinski definition) is 1. The van der Waals surface area contributed by atoms with E-state index in [2.05, 4.69) is 42.0 Å². The number of alkyl halides is 1. The molecular weight excluding hydrogens is 326 g/mol. The quantitative estimate of drug-likeness (QED) is 0.782. The number of carbonyl (C=O) groups excluding carboxylic acids is 1. The van der Waals surface area contributed by atoms with Crippen molar-refractivity contribution in [3.05, 3.63) is 35.9 Å². The number of nitrogens with one attached hydrogen (secondary N) is 1. The Hall–Kier alpha value is -0.830. The summed E-state index contributed by atoms with van der Waals surface area (Å²) in [4.78, 5) is 12.3. The normalized spacial score (nSPS) is 27.4. The second-order valence-corrected chi connectivity index (χ2v) is 7.63. The van der Waals surface area contributed by atoms with E-state index in [-0.39, 0.29) is 10.7 Å². The van der Waals surface area contributed by atoms with Crippen molar-refractivity contribution in [2.45, 2.75) is 50.9 Å². The fourth-order valence-corrected chi connectivity index (χ4v) is 3.83. The van der Waals surface area contributed by atoms with Crippen LogP contribution in [0.25, 0.3) is 0 Å². The summed E-state index contributed by atoms with van der Waals surface area (Å²) in [5.74, 6) is 2.01. The average Bonchev–Trinajstić information content (AvgIpc) is 2.47. The van der Waals surface area contributed by atoms with Crippen molar-refractivity contribution in [3.8, 4) is 0 Å². The predicted octanol–water partition coefficient (Wildman–Crippen LogP) is 4.70. The molecule has 4 atom stereocenters. The smallest absolute Gasteiger partial charge is 0.238 e. The molecule has 1 fully saturated rings. The summed E-state index contributed by atoms with van der Waals surface area (Å²) in [6, 6.07) is 10.2. The molecule has 1 amide bonds. The van der Waals surface area contributed by atoms with Gasteiger partial charge in [-0.1, -0.05) is 73.5 Å². The van der Waals surface area contributed by atoms with Gasteiger partial charge in [0.25, 0.3) is 0 Å². The Morgan fingerprint density at radius 2 is 1.90 bits per heavy atom. The fourth-order valence-electron chi connectivity index (χ4n) is 3.40. The van der Waals surface area contributed by atoms with Crippen LogP contribution in [0.3, 0.4) is 0 Å². The van der Waals surface area contributed by atoms with Crippen LogP contribution in [0.2, 0.25) is 0 Å². The Bertz CT molecular complexity index is 460. The molecule has 0 spiro atoms. The van der Waals surface area contributed by atoms with Crippen molar-refractivity contribution in [1.29, 1.82) is 0 Å². The van der Waals surface area contributed by atoms with Gasteiger partial charge in [-0.05, 0) is 36.2 Å². The molecule has 0 heterocycles. The van der Waals surface area contributed by atoms with Gasteiger partial charge >= 0.3 is 0 Å². The van der Waals surface area contributed by atoms with Gasteiger partial charge in [-0.25, -0.2) is 0 Å². The van der Waals surface area contributed by atoms with Gasteiger partial charge in [0.15, 0.2) is 0 Å². The van der Waals surface area contributed by atoms with Gasteiger partial charge in [0.1, 0.15) is 4.83 Å². The van der Waals surface area contributed by atoms with E-state index in [1.807, 2.05) is 30.3 Å². The third-order valence-corrected chi connectivity index (χ3v) is 5.62. The highest BCUT2D eigenvalue weighted by Gasteiger charge is 2.32. The first-order valence-corrected chi connectivity index (χ1v) is 8.90. The van der Waals surface area contributed by atoms with E-state index in [9.17, 15) is 4.79 Å². The van der Waals surface area contributed by atoms with Crippen molar-refractivity contribution in [2.75, 3.05) is 0 Å². The van der Waals surface area contributed by atoms with E-state index in [1.165, 1.54) is 12.8 Å². The van der Waals surface area contributed by atoms with E-state index in [0.29, 0.717) is 23.8 Å². The summed E-state index contributed by atoms with van der Waals surface area (Å²) in [5, 5.41) is 3.29. The Labute approximate surface area is 136 Å². The van der Waals surface area contributed by atoms with Crippen LogP contribution in [0, 0.1) is 17.8 Å². The molecule has 21 heavy (non-hydrogen) atoms. The van der Waals surface area contributed by atoms with Gasteiger partial charge in [-0.15, -0.1) is 0 Å². The molecule has 2 rings (SSSR count). The van der Waals surface area contributed by atoms with Crippen molar-refractivity contribution < 1.29 is 4.79 Å². The lowest BCUT2D eigenvalue weighted by molar-refractivity contribution is -0.122. The minimum Gasteiger partial charge on any atom is -0.352 e. The molecule has 0 radical (unpaired) electrons. The van der Waals surface area contributed by atoms with Gasteiger partial charge in [-0.3, -0.25) is 4.79 Å². The van der Waals surface area contributed by atoms with Crippen LogP contribution >= 0.6 is 15.9 Å². The van der Waals surface area contributed by atoms with E-state index >= 15 is 0 Å². The van der Waals surface area contributed by atoms with Gasteiger partial charge in [-0.2, -0.15) is 0 Å². The lowest BCUT2D eigenvalue weighted by Gasteiger charge is -2.38. The molecule has 116 valence electrons. The first-order valence-electron chi connectivity index (χ1n) is 7.98. The zero-order valence-corrected chi connectivity index (χ0v) is 14.8. The second-order valence-electron chi connectivity index (χ2n) is 6.71. The maximum Gasteiger partial charge on any atom is 0.238 e. The first kappa shape index (κ1) is 16.5. The molecule has 1 aromatic carbocycles. The Kier molecular flexibility index (Phi) is 5.86. The van der Waals surface area contributed by atoms with Gasteiger partial charge < -0.3 is 5.32 Å². The van der Waals surface area contributed by atoms with E-state index < -0.39 is 0 Å². The zero-order valence-electron chi connectivity index (χ0n) is 13.2. The molecule has 0 aromatic heterocycles. The largest absolute Gasteiger partial charge is 0.352 e. The lowest BCUT2D eigenvalue weighted by Crippen LogP contribution is -2.46. The predicted molar refractivity (Wildman–Crippen MR) is 91.4 cm³/mol. The van der Waals surface area contributed by atoms with Crippen LogP contribution < -0.4 is 5.32 Å². The van der Waals surface area contributed by atoms with Crippen LogP contribution in [-0.4, -0.2) is 11.9 Å². The lowest BCUT2D eigenvalue weighted by atomic mass is 9.74. The van der Waals surface area contributed by atoms with E-state index in [0.717, 1.165) is 12.0 Å². The topological polar surface area (TPSA) is 29.1 Å². The number of hydrogen-bond acceptors (Lipinski definition) is 1. The maximum absolute atomic E-state index is 12.5. The summed E-state index contributed by atoms with van der Waals surface area (Å²) in [6.45, 7) is 6.82. The summed E-state index contributed by atoms with van der Waals surface area (Å²) in [7, 11) is 0. The van der Waals surface area contributed by atoms with Crippen molar-refractivity contribution >= 4 is 21.8 Å². The number of carbonyl (C=O) groups is 1. The van der Waals surface area contributed by atoms with Crippen molar-refractivity contribution in [3.63, 3.8) is 0 Å². The molecular formula is C18H26BrNO. The Morgan fingerprint density at radius 1 is 1.24 bits per heavy atom. The Morgan fingerprint density at radius 3 is 2.52 bits per heavy atom. The molecule has 2 nitrogen and oxygen atoms in total. The zero-order chi connectivity index (χ0) is 15.4. The standard InChI is InChI=1S/C18H26BrNO/c1-12(2)15-10-9-13(3)11-16(15)20-18(21)17(19)14-7-5-4-6-8-14/h4-8,12-13,15-17H,9-11H2,1-3H3,(H,20,21). The highest BCUT2D eigenvalue weighted by Crippen LogP contribution is 2.34. The third kappa shape index (κ3) is 4.32. The van der Waals surface area contributed by atoms with Crippen LogP contribution in [0.1, 0.15) is 50.4 Å². The van der Waals surface area contributed by atoms with Crippen molar-refractivity contribution in [1.82, 2.24) is 5.32 Å². The summed E-state index contributed by atoms with van der Waals surface area (Å²) in [6.07, 6.45) is 3.61. The van der Waals surface area contributed by atoms with Crippen LogP contribution in [-0.2, 0) is 4.79 Å². The summed E-state index contributed by atoms with van der Waals surface area (Å²) < 4.78 is 0. The number of rotatable bonds is 4. The molecule has 1 aliphatic rings. The molecule has 1 aliphatic carbocycles. The average molecular weight is 352 g/mol. The van der Waals surface area contributed by atoms with Gasteiger partial charge in [0.05, 0.1) is 0 Å². The molecule has 4 unspecified atom stereocenters. The number of benzene rings is 1. The van der Waals surface area contributed by atoms with Crippen LogP contribution in [0.4, 0.5) is 0 Å². The van der Waals surface area contributed by atoms with Crippen LogP contribution in [0.15, 0.2) is 30.3 Å². The first-order chi connectivity index (χ1) is 9.99. The fraction of sp³-hybridized carbons (Fsp3) is 0.611. The monoisotopic (exact) mass is 351 g/mol. The van der Waals surface area contributed by atoms with Crippen LogP contribution in [0.5, 0.6) is 0 Å². The van der Waals surface area contributed by atoms with Crippen molar-refractivity contribution in [2.24, 2.45) is 17.8 Å². The number of amides is 1. The molecule has 3 heteroatoms. The highest BCUT2D eigenvalue weighted by atomic mass is 79.9. The molecule has 1 saturated carbocycles. The molecule has 0 saturated heterocycles. The third-order valence-electron chi connectivity index (χ3n) is 4.67.